The first-order valence-corrected chi connectivity index (χ1v) is 10.9. The average Bonchev–Trinajstić information content (AvgIpc) is 3.14. The van der Waals surface area contributed by atoms with Crippen molar-refractivity contribution in [1.29, 1.82) is 0 Å². The minimum Gasteiger partial charge on any atom is -0.612 e. The molecule has 0 radical (unpaired) electrons. The van der Waals surface area contributed by atoms with Gasteiger partial charge in [-0.3, -0.25) is 15.1 Å². The molecule has 8 nitrogen and oxygen atoms in total. The number of hydrogen-bond donors (Lipinski definition) is 1. The van der Waals surface area contributed by atoms with E-state index in [1.165, 1.54) is 20.4 Å². The van der Waals surface area contributed by atoms with E-state index >= 15 is 0 Å². The minimum atomic E-state index is -1.16. The van der Waals surface area contributed by atoms with E-state index in [2.05, 4.69) is 20.5 Å². The van der Waals surface area contributed by atoms with Crippen molar-refractivity contribution in [3.05, 3.63) is 41.2 Å². The quantitative estimate of drug-likeness (QED) is 0.596. The number of benzene rings is 1. The summed E-state index contributed by atoms with van der Waals surface area (Å²) in [6.07, 6.45) is 3.13. The van der Waals surface area contributed by atoms with Crippen molar-refractivity contribution in [2.75, 3.05) is 25.8 Å². The number of carbonyl (C=O) groups excluding carboxylic acids is 1. The molecular formula is C19H20N4O4S2. The molecular weight excluding hydrogens is 412 g/mol. The molecule has 0 aliphatic heterocycles. The summed E-state index contributed by atoms with van der Waals surface area (Å²) in [7, 11) is 3.02. The molecule has 0 aliphatic carbocycles. The van der Waals surface area contributed by atoms with E-state index in [1.54, 1.807) is 12.3 Å². The summed E-state index contributed by atoms with van der Waals surface area (Å²) in [5.74, 6) is 0.146. The molecule has 10 heteroatoms. The summed E-state index contributed by atoms with van der Waals surface area (Å²) >= 11 is -0.0375. The predicted octanol–water partition coefficient (Wildman–Crippen LogP) is 3.22. The van der Waals surface area contributed by atoms with Crippen LogP contribution in [0.1, 0.15) is 21.6 Å². The Morgan fingerprint density at radius 2 is 1.90 bits per heavy atom. The van der Waals surface area contributed by atoms with Gasteiger partial charge in [-0.2, -0.15) is 0 Å². The summed E-state index contributed by atoms with van der Waals surface area (Å²) in [5, 5.41) is 11.1. The lowest BCUT2D eigenvalue weighted by Gasteiger charge is -2.16. The SMILES string of the molecule is COc1nnc(NC(=O)c2cnc(C)cc2-c2cc(C)c([S@+](C)[O-])cc2OC)s1. The Hall–Kier alpha value is -2.69. The van der Waals surface area contributed by atoms with Crippen molar-refractivity contribution in [1.82, 2.24) is 15.2 Å². The summed E-state index contributed by atoms with van der Waals surface area (Å²) < 4.78 is 22.5. The molecule has 0 saturated heterocycles. The number of ether oxygens (including phenoxy) is 2. The first-order chi connectivity index (χ1) is 13.8. The highest BCUT2D eigenvalue weighted by Gasteiger charge is 2.21. The van der Waals surface area contributed by atoms with Crippen molar-refractivity contribution in [3.8, 4) is 22.1 Å². The number of anilines is 1. The van der Waals surface area contributed by atoms with E-state index in [9.17, 15) is 9.35 Å². The van der Waals surface area contributed by atoms with Crippen LogP contribution in [0.25, 0.3) is 11.1 Å². The third-order valence-electron chi connectivity index (χ3n) is 4.18. The Labute approximate surface area is 175 Å². The number of carbonyl (C=O) groups is 1. The number of nitrogens with zero attached hydrogens (tertiary/aromatic N) is 3. The van der Waals surface area contributed by atoms with Crippen LogP contribution in [0.2, 0.25) is 0 Å². The Morgan fingerprint density at radius 1 is 1.14 bits per heavy atom. The number of methoxy groups -OCH3 is 2. The second-order valence-corrected chi connectivity index (χ2v) is 8.46. The molecule has 0 spiro atoms. The predicted molar refractivity (Wildman–Crippen MR) is 112 cm³/mol. The van der Waals surface area contributed by atoms with Crippen molar-refractivity contribution < 1.29 is 18.8 Å². The molecule has 29 heavy (non-hydrogen) atoms. The normalized spacial score (nSPS) is 11.8. The Morgan fingerprint density at radius 3 is 2.52 bits per heavy atom. The van der Waals surface area contributed by atoms with Crippen LogP contribution in [0.3, 0.4) is 0 Å². The molecule has 2 heterocycles. The van der Waals surface area contributed by atoms with Crippen molar-refractivity contribution in [3.63, 3.8) is 0 Å². The number of rotatable bonds is 6. The van der Waals surface area contributed by atoms with E-state index in [0.717, 1.165) is 22.6 Å². The van der Waals surface area contributed by atoms with Gasteiger partial charge in [0.15, 0.2) is 4.90 Å². The first kappa shape index (κ1) is 21.0. The fraction of sp³-hybridized carbons (Fsp3) is 0.263. The van der Waals surface area contributed by atoms with E-state index < -0.39 is 11.2 Å². The number of nitrogens with one attached hydrogen (secondary N) is 1. The molecule has 1 N–H and O–H groups in total. The molecule has 1 atom stereocenters. The van der Waals surface area contributed by atoms with Crippen LogP contribution < -0.4 is 14.8 Å². The number of hydrogen-bond acceptors (Lipinski definition) is 8. The monoisotopic (exact) mass is 432 g/mol. The van der Waals surface area contributed by atoms with E-state index in [4.69, 9.17) is 9.47 Å². The standard InChI is InChI=1S/C19H20N4O4S2/c1-10-6-13(15(26-3)8-16(10)29(5)25)12-7-11(2)20-9-14(12)17(24)21-18-22-23-19(27-4)28-18/h6-9H,1-5H3,(H,21,22,24)/t29-/m0/s1. The van der Waals surface area contributed by atoms with Crippen molar-refractivity contribution in [2.24, 2.45) is 0 Å². The van der Waals surface area contributed by atoms with Crippen molar-refractivity contribution >= 4 is 33.6 Å². The van der Waals surface area contributed by atoms with E-state index in [0.29, 0.717) is 37.7 Å². The molecule has 1 aromatic carbocycles. The molecule has 2 aromatic heterocycles. The highest BCUT2D eigenvalue weighted by molar-refractivity contribution is 7.90. The fourth-order valence-corrected chi connectivity index (χ4v) is 4.17. The fourth-order valence-electron chi connectivity index (χ4n) is 2.83. The maximum Gasteiger partial charge on any atom is 0.295 e. The third kappa shape index (κ3) is 4.50. The largest absolute Gasteiger partial charge is 0.612 e. The van der Waals surface area contributed by atoms with Gasteiger partial charge in [-0.15, -0.1) is 5.10 Å². The number of aryl methyl sites for hydroxylation is 2. The molecule has 0 unspecified atom stereocenters. The van der Waals surface area contributed by atoms with Crippen molar-refractivity contribution in [2.45, 2.75) is 18.7 Å². The molecule has 152 valence electrons. The van der Waals surface area contributed by atoms with Gasteiger partial charge in [0.1, 0.15) is 12.0 Å². The van der Waals surface area contributed by atoms with Crippen LogP contribution in [0.4, 0.5) is 5.13 Å². The molecule has 0 aliphatic rings. The van der Waals surface area contributed by atoms with Gasteiger partial charge in [-0.05, 0) is 48.5 Å². The zero-order valence-corrected chi connectivity index (χ0v) is 18.2. The molecule has 3 rings (SSSR count). The summed E-state index contributed by atoms with van der Waals surface area (Å²) in [4.78, 5) is 17.9. The van der Waals surface area contributed by atoms with Crippen LogP contribution in [-0.2, 0) is 11.2 Å². The summed E-state index contributed by atoms with van der Waals surface area (Å²) in [6, 6.07) is 5.43. The Balaban J connectivity index is 2.07. The summed E-state index contributed by atoms with van der Waals surface area (Å²) in [5.41, 5.74) is 3.31. The van der Waals surface area contributed by atoms with Gasteiger partial charge in [0.25, 0.3) is 11.1 Å². The van der Waals surface area contributed by atoms with E-state index in [1.807, 2.05) is 26.0 Å². The molecule has 3 aromatic rings. The van der Waals surface area contributed by atoms with E-state index in [-0.39, 0.29) is 5.91 Å². The Kier molecular flexibility index (Phi) is 6.36. The van der Waals surface area contributed by atoms with Gasteiger partial charge in [0.2, 0.25) is 5.13 Å². The molecule has 1 amide bonds. The second-order valence-electron chi connectivity index (χ2n) is 6.17. The molecule has 0 bridgehead atoms. The lowest BCUT2D eigenvalue weighted by atomic mass is 9.97. The van der Waals surface area contributed by atoms with Gasteiger partial charge in [0.05, 0.1) is 19.8 Å². The first-order valence-electron chi connectivity index (χ1n) is 8.52. The van der Waals surface area contributed by atoms with Crippen LogP contribution >= 0.6 is 11.3 Å². The maximum atomic E-state index is 12.9. The summed E-state index contributed by atoms with van der Waals surface area (Å²) in [6.45, 7) is 3.72. The number of aromatic nitrogens is 3. The highest BCUT2D eigenvalue weighted by atomic mass is 32.2. The van der Waals surface area contributed by atoms with Crippen LogP contribution in [0, 0.1) is 13.8 Å². The number of pyridine rings is 1. The smallest absolute Gasteiger partial charge is 0.295 e. The van der Waals surface area contributed by atoms with Crippen LogP contribution in [-0.4, -0.2) is 46.1 Å². The Bertz CT molecular complexity index is 1050. The lowest BCUT2D eigenvalue weighted by Crippen LogP contribution is -2.14. The zero-order chi connectivity index (χ0) is 21.1. The highest BCUT2D eigenvalue weighted by Crippen LogP contribution is 2.36. The van der Waals surface area contributed by atoms with Gasteiger partial charge >= 0.3 is 0 Å². The second kappa shape index (κ2) is 8.76. The molecule has 0 fully saturated rings. The topological polar surface area (TPSA) is 109 Å². The maximum absolute atomic E-state index is 12.9. The van der Waals surface area contributed by atoms with Gasteiger partial charge in [-0.1, -0.05) is 5.10 Å². The third-order valence-corrected chi connectivity index (χ3v) is 6.04. The molecule has 0 saturated carbocycles. The van der Waals surface area contributed by atoms with Gasteiger partial charge in [0, 0.05) is 34.6 Å². The van der Waals surface area contributed by atoms with Gasteiger partial charge in [-0.25, -0.2) is 0 Å². The lowest BCUT2D eigenvalue weighted by molar-refractivity contribution is 0.102. The minimum absolute atomic E-state index is 0.318. The van der Waals surface area contributed by atoms with Crippen LogP contribution in [0.15, 0.2) is 29.3 Å². The van der Waals surface area contributed by atoms with Gasteiger partial charge < -0.3 is 14.0 Å². The average molecular weight is 433 g/mol. The van der Waals surface area contributed by atoms with Crippen LogP contribution in [0.5, 0.6) is 10.9 Å². The number of amides is 1. The zero-order valence-electron chi connectivity index (χ0n) is 16.6.